The van der Waals surface area contributed by atoms with E-state index in [0.29, 0.717) is 0 Å². The Hall–Kier alpha value is -4.94. The van der Waals surface area contributed by atoms with Gasteiger partial charge in [-0.1, -0.05) is 127 Å². The van der Waals surface area contributed by atoms with Gasteiger partial charge in [0.2, 0.25) is 0 Å². The molecule has 0 unspecified atom stereocenters. The molecule has 0 heterocycles. The molecule has 0 heteroatoms. The second kappa shape index (κ2) is 7.79. The van der Waals surface area contributed by atoms with Crippen molar-refractivity contribution < 1.29 is 0 Å². The minimum absolute atomic E-state index is 0.994. The minimum Gasteiger partial charge on any atom is -0.0622 e. The summed E-state index contributed by atoms with van der Waals surface area (Å²) in [6.45, 7) is 0. The minimum atomic E-state index is 0.994. The highest BCUT2D eigenvalue weighted by Gasteiger charge is 2.33. The van der Waals surface area contributed by atoms with Crippen molar-refractivity contribution in [2.45, 2.75) is 6.42 Å². The van der Waals surface area contributed by atoms with Crippen molar-refractivity contribution in [2.75, 3.05) is 0 Å². The summed E-state index contributed by atoms with van der Waals surface area (Å²) in [6.07, 6.45) is 0.994. The molecular formula is C39H24. The molecule has 9 rings (SSSR count). The molecular weight excluding hydrogens is 468 g/mol. The Morgan fingerprint density at radius 1 is 0.333 bits per heavy atom. The average Bonchev–Trinajstić information content (AvgIpc) is 3.54. The fraction of sp³-hybridized carbons (Fsp3) is 0.0256. The molecule has 0 aliphatic heterocycles. The molecule has 2 aliphatic rings. The van der Waals surface area contributed by atoms with E-state index in [4.69, 9.17) is 0 Å². The van der Waals surface area contributed by atoms with E-state index in [2.05, 4.69) is 133 Å². The lowest BCUT2D eigenvalue weighted by Crippen LogP contribution is -1.93. The number of hydrogen-bond acceptors (Lipinski definition) is 0. The van der Waals surface area contributed by atoms with E-state index >= 15 is 0 Å². The smallest absolute Gasteiger partial charge is 0.000731 e. The molecule has 0 fully saturated rings. The van der Waals surface area contributed by atoms with E-state index in [9.17, 15) is 0 Å². The van der Waals surface area contributed by atoms with E-state index in [-0.39, 0.29) is 0 Å². The molecule has 7 aromatic rings. The van der Waals surface area contributed by atoms with Crippen LogP contribution in [0.4, 0.5) is 0 Å². The maximum Gasteiger partial charge on any atom is -0.000731 e. The monoisotopic (exact) mass is 492 g/mol. The second-order valence-corrected chi connectivity index (χ2v) is 10.8. The van der Waals surface area contributed by atoms with Gasteiger partial charge in [0.15, 0.2) is 0 Å². The van der Waals surface area contributed by atoms with Crippen molar-refractivity contribution >= 4 is 21.5 Å². The quantitative estimate of drug-likeness (QED) is 0.225. The van der Waals surface area contributed by atoms with Gasteiger partial charge in [-0.2, -0.15) is 0 Å². The molecule has 7 aromatic carbocycles. The van der Waals surface area contributed by atoms with Crippen LogP contribution in [0.15, 0.2) is 133 Å². The summed E-state index contributed by atoms with van der Waals surface area (Å²) in [5.41, 5.74) is 16.4. The van der Waals surface area contributed by atoms with Gasteiger partial charge in [-0.05, 0) is 101 Å². The van der Waals surface area contributed by atoms with Crippen molar-refractivity contribution in [3.8, 4) is 55.6 Å². The third-order valence-corrected chi connectivity index (χ3v) is 8.79. The lowest BCUT2D eigenvalue weighted by Gasteiger charge is -2.20. The van der Waals surface area contributed by atoms with Crippen LogP contribution in [0.25, 0.3) is 77.2 Å². The van der Waals surface area contributed by atoms with Crippen LogP contribution in [0.2, 0.25) is 0 Å². The van der Waals surface area contributed by atoms with Gasteiger partial charge in [0.1, 0.15) is 0 Å². The first kappa shape index (κ1) is 21.0. The zero-order chi connectivity index (χ0) is 25.5. The van der Waals surface area contributed by atoms with Gasteiger partial charge in [0.05, 0.1) is 0 Å². The first-order valence-electron chi connectivity index (χ1n) is 13.8. The van der Waals surface area contributed by atoms with Gasteiger partial charge in [-0.15, -0.1) is 0 Å². The highest BCUT2D eigenvalue weighted by atomic mass is 14.4. The van der Waals surface area contributed by atoms with Crippen LogP contribution in [-0.2, 0) is 6.42 Å². The first-order valence-corrected chi connectivity index (χ1v) is 13.8. The Kier molecular flexibility index (Phi) is 4.20. The molecule has 0 aromatic heterocycles. The van der Waals surface area contributed by atoms with Crippen molar-refractivity contribution in [3.05, 3.63) is 145 Å². The first-order chi connectivity index (χ1) is 19.4. The van der Waals surface area contributed by atoms with Gasteiger partial charge in [-0.3, -0.25) is 0 Å². The maximum absolute atomic E-state index is 2.52. The summed E-state index contributed by atoms with van der Waals surface area (Å²) < 4.78 is 0. The molecule has 0 spiro atoms. The highest BCUT2D eigenvalue weighted by Crippen LogP contribution is 2.59. The standard InChI is InChI=1S/C39H24/c1-3-12-24(13-4-1)35-29-18-9-10-19-30(29)36(25-14-5-2-6-15-25)39-33-23-27-22-26-16-7-8-17-28(26)34(27)31-20-11-21-32(37(31)33)38(35)39/h1-21,23H,22H2. The molecule has 2 aliphatic carbocycles. The normalized spacial score (nSPS) is 12.5. The van der Waals surface area contributed by atoms with E-state index in [1.54, 1.807) is 0 Å². The van der Waals surface area contributed by atoms with Crippen LogP contribution in [-0.4, -0.2) is 0 Å². The number of benzene rings is 7. The van der Waals surface area contributed by atoms with E-state index < -0.39 is 0 Å². The van der Waals surface area contributed by atoms with Crippen LogP contribution < -0.4 is 0 Å². The molecule has 0 nitrogen and oxygen atoms in total. The predicted octanol–water partition coefficient (Wildman–Crippen LogP) is 10.5. The fourth-order valence-corrected chi connectivity index (χ4v) is 7.32. The van der Waals surface area contributed by atoms with Crippen LogP contribution >= 0.6 is 0 Å². The Labute approximate surface area is 227 Å². The Morgan fingerprint density at radius 2 is 0.872 bits per heavy atom. The zero-order valence-corrected chi connectivity index (χ0v) is 21.4. The Morgan fingerprint density at radius 3 is 1.56 bits per heavy atom. The molecule has 0 radical (unpaired) electrons. The molecule has 0 bridgehead atoms. The van der Waals surface area contributed by atoms with Crippen molar-refractivity contribution in [3.63, 3.8) is 0 Å². The van der Waals surface area contributed by atoms with Crippen molar-refractivity contribution in [2.24, 2.45) is 0 Å². The van der Waals surface area contributed by atoms with E-state index in [1.165, 1.54) is 88.3 Å². The molecule has 0 amide bonds. The van der Waals surface area contributed by atoms with E-state index in [1.807, 2.05) is 0 Å². The van der Waals surface area contributed by atoms with Gasteiger partial charge in [-0.25, -0.2) is 0 Å². The molecule has 39 heavy (non-hydrogen) atoms. The predicted molar refractivity (Wildman–Crippen MR) is 165 cm³/mol. The third-order valence-electron chi connectivity index (χ3n) is 8.79. The zero-order valence-electron chi connectivity index (χ0n) is 21.4. The third kappa shape index (κ3) is 2.78. The van der Waals surface area contributed by atoms with Crippen molar-refractivity contribution in [1.82, 2.24) is 0 Å². The van der Waals surface area contributed by atoms with Gasteiger partial charge in [0.25, 0.3) is 0 Å². The fourth-order valence-electron chi connectivity index (χ4n) is 7.32. The van der Waals surface area contributed by atoms with E-state index in [0.717, 1.165) is 6.42 Å². The summed E-state index contributed by atoms with van der Waals surface area (Å²) in [7, 11) is 0. The van der Waals surface area contributed by atoms with Gasteiger partial charge < -0.3 is 0 Å². The molecule has 0 atom stereocenters. The number of fused-ring (bicyclic) bond motifs is 8. The molecule has 180 valence electrons. The molecule has 0 saturated heterocycles. The van der Waals surface area contributed by atoms with Crippen LogP contribution in [0.5, 0.6) is 0 Å². The summed E-state index contributed by atoms with van der Waals surface area (Å²) in [5, 5.41) is 5.39. The Balaban J connectivity index is 1.52. The van der Waals surface area contributed by atoms with Crippen LogP contribution in [0, 0.1) is 0 Å². The molecule has 0 saturated carbocycles. The largest absolute Gasteiger partial charge is 0.0622 e. The number of rotatable bonds is 2. The van der Waals surface area contributed by atoms with Crippen LogP contribution in [0.3, 0.4) is 0 Å². The molecule has 0 N–H and O–H groups in total. The number of hydrogen-bond donors (Lipinski definition) is 0. The SMILES string of the molecule is c1ccc(-c2c3c(c(-c4ccccc4)c4ccccc24)-c2cc4c(c5cccc-3c25)-c2ccccc2C4)cc1. The summed E-state index contributed by atoms with van der Waals surface area (Å²) in [6, 6.07) is 49.4. The van der Waals surface area contributed by atoms with Crippen molar-refractivity contribution in [1.29, 1.82) is 0 Å². The average molecular weight is 493 g/mol. The lowest BCUT2D eigenvalue weighted by molar-refractivity contribution is 1.27. The van der Waals surface area contributed by atoms with Gasteiger partial charge >= 0.3 is 0 Å². The summed E-state index contributed by atoms with van der Waals surface area (Å²) in [4.78, 5) is 0. The highest BCUT2D eigenvalue weighted by molar-refractivity contribution is 6.29. The van der Waals surface area contributed by atoms with Crippen LogP contribution in [0.1, 0.15) is 11.1 Å². The lowest BCUT2D eigenvalue weighted by atomic mass is 9.82. The second-order valence-electron chi connectivity index (χ2n) is 10.8. The van der Waals surface area contributed by atoms with Gasteiger partial charge in [0, 0.05) is 0 Å². The maximum atomic E-state index is 2.52. The Bertz CT molecular complexity index is 2110. The topological polar surface area (TPSA) is 0 Å². The summed E-state index contributed by atoms with van der Waals surface area (Å²) in [5.74, 6) is 0. The summed E-state index contributed by atoms with van der Waals surface area (Å²) >= 11 is 0.